The molecule has 7 heteroatoms. The Morgan fingerprint density at radius 2 is 1.76 bits per heavy atom. The van der Waals surface area contributed by atoms with Gasteiger partial charge in [0.05, 0.1) is 5.03 Å². The molecule has 3 aromatic rings. The van der Waals surface area contributed by atoms with Gasteiger partial charge in [0, 0.05) is 50.5 Å². The van der Waals surface area contributed by atoms with E-state index in [0.29, 0.717) is 18.8 Å². The number of nitrogens with zero attached hydrogens (tertiary/aromatic N) is 4. The number of carbonyl (C=O) groups is 1. The van der Waals surface area contributed by atoms with E-state index in [1.165, 1.54) is 11.1 Å². The van der Waals surface area contributed by atoms with E-state index < -0.39 is 0 Å². The Labute approximate surface area is 200 Å². The number of thioether (sulfide) groups is 1. The predicted molar refractivity (Wildman–Crippen MR) is 132 cm³/mol. The maximum atomic E-state index is 12.6. The average molecular weight is 463 g/mol. The van der Waals surface area contributed by atoms with Crippen LogP contribution in [-0.2, 0) is 12.8 Å². The van der Waals surface area contributed by atoms with Crippen molar-refractivity contribution in [1.29, 1.82) is 0 Å². The normalized spacial score (nSPS) is 14.2. The number of piperazine rings is 1. The van der Waals surface area contributed by atoms with Crippen LogP contribution in [0.2, 0.25) is 0 Å². The van der Waals surface area contributed by atoms with Gasteiger partial charge in [-0.1, -0.05) is 24.3 Å². The second-order valence-corrected chi connectivity index (χ2v) is 9.19. The Kier molecular flexibility index (Phi) is 8.72. The van der Waals surface area contributed by atoms with Gasteiger partial charge in [-0.15, -0.1) is 11.8 Å². The fourth-order valence-electron chi connectivity index (χ4n) is 3.80. The van der Waals surface area contributed by atoms with Crippen LogP contribution >= 0.6 is 11.8 Å². The monoisotopic (exact) mass is 462 g/mol. The molecular formula is C26H30N4O2S. The van der Waals surface area contributed by atoms with Gasteiger partial charge in [-0.25, -0.2) is 9.78 Å². The summed E-state index contributed by atoms with van der Waals surface area (Å²) in [6.45, 7) is 4.21. The van der Waals surface area contributed by atoms with E-state index in [0.717, 1.165) is 49.7 Å². The molecule has 1 aliphatic heterocycles. The van der Waals surface area contributed by atoms with Crippen LogP contribution in [0.25, 0.3) is 0 Å². The molecule has 0 saturated carbocycles. The number of aromatic nitrogens is 2. The largest absolute Gasteiger partial charge is 0.415 e. The van der Waals surface area contributed by atoms with Gasteiger partial charge >= 0.3 is 6.09 Å². The molecule has 0 bridgehead atoms. The number of carbonyl (C=O) groups excluding carboxylic acids is 1. The molecule has 2 aromatic heterocycles. The van der Waals surface area contributed by atoms with Crippen molar-refractivity contribution < 1.29 is 9.53 Å². The summed E-state index contributed by atoms with van der Waals surface area (Å²) in [5, 5.41) is 1.04. The van der Waals surface area contributed by atoms with E-state index in [1.54, 1.807) is 22.9 Å². The number of pyridine rings is 2. The quantitative estimate of drug-likeness (QED) is 0.435. The lowest BCUT2D eigenvalue weighted by Crippen LogP contribution is -2.49. The van der Waals surface area contributed by atoms with E-state index in [-0.39, 0.29) is 6.09 Å². The van der Waals surface area contributed by atoms with E-state index >= 15 is 0 Å². The molecule has 0 atom stereocenters. The van der Waals surface area contributed by atoms with Gasteiger partial charge in [-0.05, 0) is 67.3 Å². The molecule has 0 unspecified atom stereocenters. The van der Waals surface area contributed by atoms with E-state index in [9.17, 15) is 4.79 Å². The number of hydrogen-bond acceptors (Lipinski definition) is 6. The molecule has 1 aliphatic rings. The first-order valence-electron chi connectivity index (χ1n) is 11.5. The van der Waals surface area contributed by atoms with Crippen molar-refractivity contribution in [3.63, 3.8) is 0 Å². The van der Waals surface area contributed by atoms with Crippen LogP contribution in [0.3, 0.4) is 0 Å². The molecule has 172 valence electrons. The maximum Gasteiger partial charge on any atom is 0.415 e. The Hall–Kier alpha value is -2.90. The lowest BCUT2D eigenvalue weighted by atomic mass is 10.1. The first-order chi connectivity index (χ1) is 16.3. The number of aryl methyl sites for hydroxylation is 2. The van der Waals surface area contributed by atoms with Crippen LogP contribution < -0.4 is 4.74 Å². The summed E-state index contributed by atoms with van der Waals surface area (Å²) in [6.07, 6.45) is 8.37. The fourth-order valence-corrected chi connectivity index (χ4v) is 4.66. The van der Waals surface area contributed by atoms with Crippen molar-refractivity contribution >= 4 is 17.9 Å². The Balaban J connectivity index is 1.14. The van der Waals surface area contributed by atoms with Gasteiger partial charge in [-0.2, -0.15) is 0 Å². The van der Waals surface area contributed by atoms with Gasteiger partial charge in [-0.3, -0.25) is 9.88 Å². The second kappa shape index (κ2) is 12.4. The summed E-state index contributed by atoms with van der Waals surface area (Å²) in [6, 6.07) is 17.9. The lowest BCUT2D eigenvalue weighted by Gasteiger charge is -2.34. The summed E-state index contributed by atoms with van der Waals surface area (Å²) in [7, 11) is 0. The topological polar surface area (TPSA) is 58.6 Å². The maximum absolute atomic E-state index is 12.6. The highest BCUT2D eigenvalue weighted by atomic mass is 32.2. The number of ether oxygens (including phenoxy) is 1. The van der Waals surface area contributed by atoms with Crippen molar-refractivity contribution in [2.24, 2.45) is 0 Å². The van der Waals surface area contributed by atoms with Crippen molar-refractivity contribution in [3.8, 4) is 5.75 Å². The highest BCUT2D eigenvalue weighted by molar-refractivity contribution is 7.99. The third-order valence-electron chi connectivity index (χ3n) is 5.70. The summed E-state index contributed by atoms with van der Waals surface area (Å²) in [4.78, 5) is 25.3. The van der Waals surface area contributed by atoms with Crippen LogP contribution in [0.15, 0.2) is 78.2 Å². The molecule has 1 saturated heterocycles. The molecule has 1 aromatic carbocycles. The molecule has 1 amide bonds. The van der Waals surface area contributed by atoms with Gasteiger partial charge in [0.25, 0.3) is 0 Å². The Morgan fingerprint density at radius 3 is 2.48 bits per heavy atom. The van der Waals surface area contributed by atoms with Crippen LogP contribution in [0.1, 0.15) is 17.5 Å². The highest BCUT2D eigenvalue weighted by Crippen LogP contribution is 2.19. The number of benzene rings is 1. The molecule has 0 spiro atoms. The minimum Gasteiger partial charge on any atom is -0.410 e. The van der Waals surface area contributed by atoms with Crippen LogP contribution in [0.5, 0.6) is 5.75 Å². The molecule has 4 rings (SSSR count). The summed E-state index contributed by atoms with van der Waals surface area (Å²) in [5.41, 5.74) is 2.50. The molecule has 1 fully saturated rings. The SMILES string of the molecule is O=C(Oc1ccc(CCSc2ccccn2)cc1)N1CCN(CCCc2cccnc2)CC1. The van der Waals surface area contributed by atoms with Crippen LogP contribution in [-0.4, -0.2) is 64.3 Å². The van der Waals surface area contributed by atoms with Gasteiger partial charge in [0.15, 0.2) is 0 Å². The zero-order chi connectivity index (χ0) is 22.7. The smallest absolute Gasteiger partial charge is 0.410 e. The van der Waals surface area contributed by atoms with Crippen molar-refractivity contribution in [1.82, 2.24) is 19.8 Å². The van der Waals surface area contributed by atoms with Crippen LogP contribution in [0, 0.1) is 0 Å². The molecule has 0 radical (unpaired) electrons. The Bertz CT molecular complexity index is 978. The lowest BCUT2D eigenvalue weighted by molar-refractivity contribution is 0.110. The molecule has 3 heterocycles. The second-order valence-electron chi connectivity index (χ2n) is 8.07. The molecule has 0 N–H and O–H groups in total. The van der Waals surface area contributed by atoms with Crippen molar-refractivity contribution in [2.75, 3.05) is 38.5 Å². The minimum absolute atomic E-state index is 0.261. The predicted octanol–water partition coefficient (Wildman–Crippen LogP) is 4.56. The standard InChI is InChI=1S/C26H30N4O2S/c31-26(30-18-16-29(17-19-30)15-4-6-23-5-3-13-27-21-23)32-24-10-8-22(9-11-24)12-20-33-25-7-1-2-14-28-25/h1-3,5,7-11,13-14,21H,4,6,12,15-20H2. The number of hydrogen-bond donors (Lipinski definition) is 0. The third-order valence-corrected chi connectivity index (χ3v) is 6.65. The average Bonchev–Trinajstić information content (AvgIpc) is 2.87. The molecule has 33 heavy (non-hydrogen) atoms. The van der Waals surface area contributed by atoms with Gasteiger partial charge in [0.2, 0.25) is 0 Å². The summed E-state index contributed by atoms with van der Waals surface area (Å²) >= 11 is 1.74. The van der Waals surface area contributed by atoms with Crippen molar-refractivity contribution in [2.45, 2.75) is 24.3 Å². The van der Waals surface area contributed by atoms with Gasteiger partial charge in [0.1, 0.15) is 5.75 Å². The first kappa shape index (κ1) is 23.3. The van der Waals surface area contributed by atoms with E-state index in [2.05, 4.69) is 20.9 Å². The van der Waals surface area contributed by atoms with Gasteiger partial charge < -0.3 is 9.64 Å². The Morgan fingerprint density at radius 1 is 0.909 bits per heavy atom. The first-order valence-corrected chi connectivity index (χ1v) is 12.5. The number of rotatable bonds is 9. The minimum atomic E-state index is -0.261. The zero-order valence-corrected chi connectivity index (χ0v) is 19.6. The van der Waals surface area contributed by atoms with Crippen LogP contribution in [0.4, 0.5) is 4.79 Å². The summed E-state index contributed by atoms with van der Waals surface area (Å²) in [5.74, 6) is 1.56. The highest BCUT2D eigenvalue weighted by Gasteiger charge is 2.22. The summed E-state index contributed by atoms with van der Waals surface area (Å²) < 4.78 is 5.60. The van der Waals surface area contributed by atoms with E-state index in [4.69, 9.17) is 4.74 Å². The van der Waals surface area contributed by atoms with Crippen molar-refractivity contribution in [3.05, 3.63) is 84.3 Å². The number of amides is 1. The molecule has 0 aliphatic carbocycles. The molecule has 6 nitrogen and oxygen atoms in total. The van der Waals surface area contributed by atoms with E-state index in [1.807, 2.05) is 60.9 Å². The fraction of sp³-hybridized carbons (Fsp3) is 0.346. The zero-order valence-electron chi connectivity index (χ0n) is 18.8. The third kappa shape index (κ3) is 7.58. The molecular weight excluding hydrogens is 432 g/mol.